The van der Waals surface area contributed by atoms with Gasteiger partial charge in [0.15, 0.2) is 0 Å². The lowest BCUT2D eigenvalue weighted by Crippen LogP contribution is -2.48. The van der Waals surface area contributed by atoms with Crippen LogP contribution in [0.2, 0.25) is 10.0 Å². The van der Waals surface area contributed by atoms with E-state index in [4.69, 9.17) is 63.8 Å². The van der Waals surface area contributed by atoms with Crippen molar-refractivity contribution in [2.24, 2.45) is 5.84 Å². The maximum Gasteiger partial charge on any atom is 0.295 e. The average molecular weight is 350 g/mol. The minimum Gasteiger partial charge on any atom is -0.268 e. The molecule has 0 spiro atoms. The van der Waals surface area contributed by atoms with Crippen LogP contribution in [-0.2, 0) is 4.79 Å². The highest BCUT2D eigenvalue weighted by Gasteiger charge is 2.37. The molecule has 1 aromatic rings. The van der Waals surface area contributed by atoms with Crippen LogP contribution in [0.4, 0.5) is 0 Å². The highest BCUT2D eigenvalue weighted by atomic mass is 35.6. The molecule has 0 aliphatic heterocycles. The van der Waals surface area contributed by atoms with Gasteiger partial charge in [0.2, 0.25) is 0 Å². The molecule has 0 bridgehead atoms. The van der Waals surface area contributed by atoms with Crippen molar-refractivity contribution in [2.75, 3.05) is 0 Å². The van der Waals surface area contributed by atoms with Crippen LogP contribution in [0.1, 0.15) is 10.4 Å². The Morgan fingerprint density at radius 2 is 1.67 bits per heavy atom. The summed E-state index contributed by atoms with van der Waals surface area (Å²) in [6.07, 6.45) is 0. The summed E-state index contributed by atoms with van der Waals surface area (Å²) in [5.41, 5.74) is 0.0366. The molecule has 0 saturated carbocycles. The van der Waals surface area contributed by atoms with Gasteiger partial charge >= 0.3 is 0 Å². The van der Waals surface area contributed by atoms with E-state index in [-0.39, 0.29) is 20.6 Å². The second-order valence-corrected chi connectivity index (χ2v) is 6.20. The number of hydrazine groups is 1. The second-order valence-electron chi connectivity index (χ2n) is 3.11. The third kappa shape index (κ3) is 3.63. The maximum absolute atomic E-state index is 11.8. The molecular formula is C9H5Cl5N2O2. The molecule has 0 radical (unpaired) electrons. The Bertz CT molecular complexity index is 500. The fraction of sp³-hybridized carbons (Fsp3) is 0.111. The summed E-state index contributed by atoms with van der Waals surface area (Å²) in [6, 6.07) is 3.96. The number of nitrogens with two attached hydrogens (primary N) is 1. The van der Waals surface area contributed by atoms with E-state index in [0.29, 0.717) is 0 Å². The number of carbonyl (C=O) groups is 2. The lowest BCUT2D eigenvalue weighted by Gasteiger charge is -2.19. The molecule has 0 atom stereocenters. The van der Waals surface area contributed by atoms with Gasteiger partial charge in [-0.1, -0.05) is 58.0 Å². The lowest BCUT2D eigenvalue weighted by molar-refractivity contribution is -0.127. The minimum atomic E-state index is -2.32. The third-order valence-corrected chi connectivity index (χ3v) is 3.07. The highest BCUT2D eigenvalue weighted by Crippen LogP contribution is 2.28. The van der Waals surface area contributed by atoms with Crippen LogP contribution in [0.3, 0.4) is 0 Å². The van der Waals surface area contributed by atoms with Crippen molar-refractivity contribution in [1.82, 2.24) is 5.01 Å². The second kappa shape index (κ2) is 5.82. The fourth-order valence-corrected chi connectivity index (χ4v) is 1.57. The van der Waals surface area contributed by atoms with E-state index in [1.54, 1.807) is 0 Å². The van der Waals surface area contributed by atoms with Gasteiger partial charge in [-0.05, 0) is 18.2 Å². The number of halogens is 5. The molecule has 2 N–H and O–H groups in total. The van der Waals surface area contributed by atoms with Gasteiger partial charge in [-0.25, -0.2) is 10.9 Å². The largest absolute Gasteiger partial charge is 0.295 e. The zero-order valence-electron chi connectivity index (χ0n) is 8.46. The van der Waals surface area contributed by atoms with Crippen molar-refractivity contribution >= 4 is 69.8 Å². The quantitative estimate of drug-likeness (QED) is 0.366. The Labute approximate surface area is 127 Å². The first-order chi connectivity index (χ1) is 8.14. The van der Waals surface area contributed by atoms with Crippen LogP contribution < -0.4 is 5.84 Å². The van der Waals surface area contributed by atoms with E-state index in [0.717, 1.165) is 0 Å². The molecule has 4 nitrogen and oxygen atoms in total. The zero-order valence-corrected chi connectivity index (χ0v) is 12.2. The minimum absolute atomic E-state index is 0.0366. The van der Waals surface area contributed by atoms with Crippen molar-refractivity contribution in [3.8, 4) is 0 Å². The van der Waals surface area contributed by atoms with Crippen LogP contribution in [0.15, 0.2) is 18.2 Å². The molecule has 0 fully saturated rings. The molecule has 0 saturated heterocycles. The Hall–Kier alpha value is -0.230. The third-order valence-electron chi connectivity index (χ3n) is 1.85. The zero-order chi connectivity index (χ0) is 14.1. The molecule has 0 heterocycles. The lowest BCUT2D eigenvalue weighted by atomic mass is 10.2. The number of benzene rings is 1. The van der Waals surface area contributed by atoms with E-state index in [1.165, 1.54) is 18.2 Å². The van der Waals surface area contributed by atoms with Gasteiger partial charge in [-0.2, -0.15) is 0 Å². The number of amides is 2. The normalized spacial score (nSPS) is 11.2. The Balaban J connectivity index is 3.00. The number of alkyl halides is 3. The smallest absolute Gasteiger partial charge is 0.268 e. The van der Waals surface area contributed by atoms with Gasteiger partial charge in [0, 0.05) is 5.56 Å². The van der Waals surface area contributed by atoms with Gasteiger partial charge in [-0.3, -0.25) is 9.59 Å². The average Bonchev–Trinajstić information content (AvgIpc) is 2.28. The molecule has 0 unspecified atom stereocenters. The topological polar surface area (TPSA) is 63.4 Å². The molecular weight excluding hydrogens is 345 g/mol. The van der Waals surface area contributed by atoms with E-state index >= 15 is 0 Å². The van der Waals surface area contributed by atoms with Gasteiger partial charge in [-0.15, -0.1) is 0 Å². The number of rotatable bonds is 1. The van der Waals surface area contributed by atoms with Gasteiger partial charge < -0.3 is 0 Å². The van der Waals surface area contributed by atoms with Crippen molar-refractivity contribution in [3.05, 3.63) is 33.8 Å². The summed E-state index contributed by atoms with van der Waals surface area (Å²) in [6.45, 7) is 0. The van der Waals surface area contributed by atoms with Gasteiger partial charge in [0.25, 0.3) is 15.6 Å². The summed E-state index contributed by atoms with van der Waals surface area (Å²) in [7, 11) is 0. The first-order valence-electron chi connectivity index (χ1n) is 4.30. The molecule has 0 aliphatic rings. The summed E-state index contributed by atoms with van der Waals surface area (Å²) in [5.74, 6) is 3.22. The summed E-state index contributed by atoms with van der Waals surface area (Å²) in [4.78, 5) is 23.3. The summed E-state index contributed by atoms with van der Waals surface area (Å²) >= 11 is 27.4. The van der Waals surface area contributed by atoms with Gasteiger partial charge in [0.05, 0.1) is 10.0 Å². The number of nitrogens with zero attached hydrogens (tertiary/aromatic N) is 1. The van der Waals surface area contributed by atoms with Crippen molar-refractivity contribution in [1.29, 1.82) is 0 Å². The van der Waals surface area contributed by atoms with E-state index in [2.05, 4.69) is 0 Å². The number of hydrogen-bond donors (Lipinski definition) is 1. The first-order valence-corrected chi connectivity index (χ1v) is 6.19. The van der Waals surface area contributed by atoms with Crippen molar-refractivity contribution in [3.63, 3.8) is 0 Å². The maximum atomic E-state index is 11.8. The molecule has 1 aromatic carbocycles. The molecule has 1 rings (SSSR count). The Kier molecular flexibility index (Phi) is 5.12. The Morgan fingerprint density at radius 3 is 2.11 bits per heavy atom. The molecule has 18 heavy (non-hydrogen) atoms. The van der Waals surface area contributed by atoms with Crippen LogP contribution in [0.5, 0.6) is 0 Å². The molecule has 0 aromatic heterocycles. The fourth-order valence-electron chi connectivity index (χ4n) is 0.997. The van der Waals surface area contributed by atoms with Gasteiger partial charge in [0.1, 0.15) is 0 Å². The van der Waals surface area contributed by atoms with E-state index in [9.17, 15) is 9.59 Å². The number of imide groups is 1. The molecule has 2 amide bonds. The SMILES string of the molecule is NN(C(=O)c1ccc(Cl)c(Cl)c1)C(=O)C(Cl)(Cl)Cl. The predicted molar refractivity (Wildman–Crippen MR) is 72.1 cm³/mol. The predicted octanol–water partition coefficient (Wildman–Crippen LogP) is 3.21. The standard InChI is InChI=1S/C9H5Cl5N2O2/c10-5-2-1-4(3-6(5)11)7(17)16(15)8(18)9(12,13)14/h1-3H,15H2. The summed E-state index contributed by atoms with van der Waals surface area (Å²) < 4.78 is -2.32. The van der Waals surface area contributed by atoms with Crippen molar-refractivity contribution < 1.29 is 9.59 Å². The molecule has 0 aliphatic carbocycles. The highest BCUT2D eigenvalue weighted by molar-refractivity contribution is 6.76. The Morgan fingerprint density at radius 1 is 1.11 bits per heavy atom. The van der Waals surface area contributed by atoms with Crippen LogP contribution in [-0.4, -0.2) is 20.6 Å². The van der Waals surface area contributed by atoms with Crippen LogP contribution >= 0.6 is 58.0 Å². The molecule has 98 valence electrons. The summed E-state index contributed by atoms with van der Waals surface area (Å²) in [5, 5.41) is 0.591. The van der Waals surface area contributed by atoms with Crippen molar-refractivity contribution in [2.45, 2.75) is 3.79 Å². The van der Waals surface area contributed by atoms with E-state index in [1.807, 2.05) is 0 Å². The number of hydrogen-bond acceptors (Lipinski definition) is 3. The molecule has 9 heteroatoms. The van der Waals surface area contributed by atoms with E-state index < -0.39 is 15.6 Å². The monoisotopic (exact) mass is 348 g/mol. The first kappa shape index (κ1) is 15.8. The van der Waals surface area contributed by atoms with Crippen LogP contribution in [0, 0.1) is 0 Å². The number of carbonyl (C=O) groups excluding carboxylic acids is 2. The van der Waals surface area contributed by atoms with Crippen LogP contribution in [0.25, 0.3) is 0 Å².